The van der Waals surface area contributed by atoms with Gasteiger partial charge in [-0.2, -0.15) is 0 Å². The number of carbonyl (C=O) groups excluding carboxylic acids is 2. The van der Waals surface area contributed by atoms with Crippen LogP contribution in [-0.4, -0.2) is 25.5 Å². The molecule has 0 aliphatic rings. The topological polar surface area (TPSA) is 52.6 Å². The van der Waals surface area contributed by atoms with E-state index in [0.717, 1.165) is 0 Å². The largest absolute Gasteiger partial charge is 0.496 e. The number of carbonyl (C=O) groups is 2. The summed E-state index contributed by atoms with van der Waals surface area (Å²) in [6.45, 7) is 1.98. The molecule has 4 heteroatoms. The lowest BCUT2D eigenvalue weighted by molar-refractivity contribution is -0.141. The van der Waals surface area contributed by atoms with Crippen LogP contribution in [0.3, 0.4) is 0 Å². The second kappa shape index (κ2) is 5.90. The summed E-state index contributed by atoms with van der Waals surface area (Å²) in [6, 6.07) is 6.79. The van der Waals surface area contributed by atoms with Gasteiger partial charge in [0.1, 0.15) is 12.2 Å². The lowest BCUT2D eigenvalue weighted by Gasteiger charge is -2.06. The lowest BCUT2D eigenvalue weighted by atomic mass is 10.1. The second-order valence-electron chi connectivity index (χ2n) is 3.11. The van der Waals surface area contributed by atoms with Crippen molar-refractivity contribution in [1.29, 1.82) is 0 Å². The van der Waals surface area contributed by atoms with Gasteiger partial charge in [0.15, 0.2) is 5.78 Å². The minimum absolute atomic E-state index is 0.256. The van der Waals surface area contributed by atoms with E-state index in [2.05, 4.69) is 0 Å². The molecule has 16 heavy (non-hydrogen) atoms. The summed E-state index contributed by atoms with van der Waals surface area (Å²) in [6.07, 6.45) is -0.256. The number of ketones is 1. The summed E-state index contributed by atoms with van der Waals surface area (Å²) >= 11 is 0. The van der Waals surface area contributed by atoms with Gasteiger partial charge in [-0.05, 0) is 19.1 Å². The van der Waals surface area contributed by atoms with E-state index in [4.69, 9.17) is 9.47 Å². The fourth-order valence-electron chi connectivity index (χ4n) is 1.31. The molecule has 0 N–H and O–H groups in total. The first kappa shape index (κ1) is 12.2. The molecule has 1 aromatic rings. The fraction of sp³-hybridized carbons (Fsp3) is 0.333. The maximum absolute atomic E-state index is 11.7. The van der Waals surface area contributed by atoms with Crippen molar-refractivity contribution in [3.63, 3.8) is 0 Å². The standard InChI is InChI=1S/C12H14O4/c1-3-16-12(14)8-10(13)9-6-4-5-7-11(9)15-2/h4-7H,3,8H2,1-2H3. The molecular weight excluding hydrogens is 208 g/mol. The second-order valence-corrected chi connectivity index (χ2v) is 3.11. The molecule has 0 aromatic heterocycles. The zero-order valence-electron chi connectivity index (χ0n) is 9.36. The number of rotatable bonds is 5. The van der Waals surface area contributed by atoms with Gasteiger partial charge in [0.25, 0.3) is 0 Å². The lowest BCUT2D eigenvalue weighted by Crippen LogP contribution is -2.12. The van der Waals surface area contributed by atoms with Crippen molar-refractivity contribution in [3.05, 3.63) is 29.8 Å². The molecule has 0 amide bonds. The number of para-hydroxylation sites is 1. The van der Waals surface area contributed by atoms with Gasteiger partial charge in [0.2, 0.25) is 0 Å². The van der Waals surface area contributed by atoms with Crippen LogP contribution in [0.5, 0.6) is 5.75 Å². The van der Waals surface area contributed by atoms with Crippen molar-refractivity contribution in [2.45, 2.75) is 13.3 Å². The fourth-order valence-corrected chi connectivity index (χ4v) is 1.31. The predicted octanol–water partition coefficient (Wildman–Crippen LogP) is 1.83. The molecule has 0 unspecified atom stereocenters. The molecule has 86 valence electrons. The van der Waals surface area contributed by atoms with E-state index in [1.54, 1.807) is 31.2 Å². The van der Waals surface area contributed by atoms with E-state index >= 15 is 0 Å². The molecular formula is C12H14O4. The highest BCUT2D eigenvalue weighted by atomic mass is 16.5. The van der Waals surface area contributed by atoms with Crippen LogP contribution in [0.1, 0.15) is 23.7 Å². The van der Waals surface area contributed by atoms with Crippen molar-refractivity contribution in [2.75, 3.05) is 13.7 Å². The molecule has 0 aliphatic carbocycles. The molecule has 0 fully saturated rings. The molecule has 0 bridgehead atoms. The quantitative estimate of drug-likeness (QED) is 0.433. The van der Waals surface area contributed by atoms with Gasteiger partial charge in [0, 0.05) is 0 Å². The SMILES string of the molecule is CCOC(=O)CC(=O)c1ccccc1OC. The Morgan fingerprint density at radius 2 is 1.94 bits per heavy atom. The molecule has 0 saturated heterocycles. The van der Waals surface area contributed by atoms with Crippen LogP contribution in [0.25, 0.3) is 0 Å². The van der Waals surface area contributed by atoms with Gasteiger partial charge < -0.3 is 9.47 Å². The molecule has 0 atom stereocenters. The summed E-state index contributed by atoms with van der Waals surface area (Å²) in [5.41, 5.74) is 0.401. The molecule has 4 nitrogen and oxygen atoms in total. The van der Waals surface area contributed by atoms with Gasteiger partial charge in [-0.3, -0.25) is 9.59 Å². The van der Waals surface area contributed by atoms with Gasteiger partial charge in [0.05, 0.1) is 19.3 Å². The monoisotopic (exact) mass is 222 g/mol. The number of methoxy groups -OCH3 is 1. The van der Waals surface area contributed by atoms with Crippen LogP contribution in [0, 0.1) is 0 Å². The average molecular weight is 222 g/mol. The Kier molecular flexibility index (Phi) is 4.51. The molecule has 0 radical (unpaired) electrons. The van der Waals surface area contributed by atoms with E-state index in [0.29, 0.717) is 11.3 Å². The third-order valence-corrected chi connectivity index (χ3v) is 2.02. The molecule has 0 aliphatic heterocycles. The molecule has 0 spiro atoms. The number of hydrogen-bond donors (Lipinski definition) is 0. The maximum atomic E-state index is 11.7. The first-order valence-electron chi connectivity index (χ1n) is 5.00. The van der Waals surface area contributed by atoms with E-state index in [1.807, 2.05) is 0 Å². The van der Waals surface area contributed by atoms with Crippen molar-refractivity contribution in [3.8, 4) is 5.75 Å². The van der Waals surface area contributed by atoms with Gasteiger partial charge in [-0.25, -0.2) is 0 Å². The van der Waals surface area contributed by atoms with Crippen LogP contribution in [0.2, 0.25) is 0 Å². The number of ether oxygens (including phenoxy) is 2. The zero-order valence-corrected chi connectivity index (χ0v) is 9.36. The van der Waals surface area contributed by atoms with Crippen molar-refractivity contribution < 1.29 is 19.1 Å². The number of esters is 1. The normalized spacial score (nSPS) is 9.62. The third-order valence-electron chi connectivity index (χ3n) is 2.02. The van der Waals surface area contributed by atoms with Gasteiger partial charge in [-0.15, -0.1) is 0 Å². The van der Waals surface area contributed by atoms with Gasteiger partial charge in [-0.1, -0.05) is 12.1 Å². The summed E-state index contributed by atoms with van der Waals surface area (Å²) in [5.74, 6) is -0.342. The van der Waals surface area contributed by atoms with E-state index in [9.17, 15) is 9.59 Å². The number of Topliss-reactive ketones (excluding diaryl/α,β-unsaturated/α-hetero) is 1. The Bertz CT molecular complexity index is 384. The molecule has 0 saturated carbocycles. The number of benzene rings is 1. The van der Waals surface area contributed by atoms with Crippen molar-refractivity contribution in [1.82, 2.24) is 0 Å². The first-order valence-corrected chi connectivity index (χ1v) is 5.00. The van der Waals surface area contributed by atoms with Crippen molar-refractivity contribution in [2.24, 2.45) is 0 Å². The Hall–Kier alpha value is -1.84. The third kappa shape index (κ3) is 3.08. The molecule has 1 rings (SSSR count). The van der Waals surface area contributed by atoms with Crippen LogP contribution < -0.4 is 4.74 Å². The van der Waals surface area contributed by atoms with Crippen molar-refractivity contribution >= 4 is 11.8 Å². The van der Waals surface area contributed by atoms with Crippen LogP contribution in [-0.2, 0) is 9.53 Å². The van der Waals surface area contributed by atoms with E-state index in [1.165, 1.54) is 7.11 Å². The summed E-state index contributed by atoms with van der Waals surface area (Å²) in [4.78, 5) is 22.9. The highest BCUT2D eigenvalue weighted by Gasteiger charge is 2.15. The van der Waals surface area contributed by atoms with E-state index in [-0.39, 0.29) is 18.8 Å². The molecule has 1 aromatic carbocycles. The average Bonchev–Trinajstić information content (AvgIpc) is 2.29. The Morgan fingerprint density at radius 3 is 2.56 bits per heavy atom. The smallest absolute Gasteiger partial charge is 0.313 e. The Morgan fingerprint density at radius 1 is 1.25 bits per heavy atom. The van der Waals surface area contributed by atoms with Crippen LogP contribution in [0.4, 0.5) is 0 Å². The van der Waals surface area contributed by atoms with Crippen LogP contribution in [0.15, 0.2) is 24.3 Å². The highest BCUT2D eigenvalue weighted by molar-refractivity contribution is 6.07. The maximum Gasteiger partial charge on any atom is 0.313 e. The predicted molar refractivity (Wildman–Crippen MR) is 58.6 cm³/mol. The minimum Gasteiger partial charge on any atom is -0.496 e. The molecule has 0 heterocycles. The van der Waals surface area contributed by atoms with E-state index < -0.39 is 5.97 Å². The zero-order chi connectivity index (χ0) is 12.0. The first-order chi connectivity index (χ1) is 7.69. The Balaban J connectivity index is 2.76. The summed E-state index contributed by atoms with van der Waals surface area (Å²) < 4.78 is 9.74. The Labute approximate surface area is 94.2 Å². The summed E-state index contributed by atoms with van der Waals surface area (Å²) in [7, 11) is 1.48. The van der Waals surface area contributed by atoms with Crippen LogP contribution >= 0.6 is 0 Å². The highest BCUT2D eigenvalue weighted by Crippen LogP contribution is 2.18. The van der Waals surface area contributed by atoms with Gasteiger partial charge >= 0.3 is 5.97 Å². The minimum atomic E-state index is -0.515. The number of hydrogen-bond acceptors (Lipinski definition) is 4. The summed E-state index contributed by atoms with van der Waals surface area (Å²) in [5, 5.41) is 0.